The van der Waals surface area contributed by atoms with Gasteiger partial charge in [0.25, 0.3) is 0 Å². The van der Waals surface area contributed by atoms with Crippen molar-refractivity contribution < 1.29 is 4.79 Å². The molecule has 0 bridgehead atoms. The van der Waals surface area contributed by atoms with Crippen LogP contribution in [0.4, 0.5) is 0 Å². The van der Waals surface area contributed by atoms with Crippen molar-refractivity contribution in [3.8, 4) is 12.3 Å². The summed E-state index contributed by atoms with van der Waals surface area (Å²) in [5.74, 6) is 2.99. The molecule has 0 aliphatic rings. The van der Waals surface area contributed by atoms with Gasteiger partial charge < -0.3 is 5.32 Å². The Balaban J connectivity index is 4.08. The summed E-state index contributed by atoms with van der Waals surface area (Å²) in [5, 5.41) is 2.82. The Bertz CT molecular complexity index is 203. The van der Waals surface area contributed by atoms with Crippen LogP contribution in [0.15, 0.2) is 0 Å². The van der Waals surface area contributed by atoms with Gasteiger partial charge in [-0.25, -0.2) is 0 Å². The Morgan fingerprint density at radius 1 is 1.46 bits per heavy atom. The molecule has 13 heavy (non-hydrogen) atoms. The number of nitrogens with one attached hydrogen (secondary N) is 1. The van der Waals surface area contributed by atoms with Crippen LogP contribution in [0.2, 0.25) is 0 Å². The van der Waals surface area contributed by atoms with E-state index >= 15 is 0 Å². The van der Waals surface area contributed by atoms with Gasteiger partial charge in [-0.1, -0.05) is 33.6 Å². The van der Waals surface area contributed by atoms with E-state index in [-0.39, 0.29) is 17.9 Å². The molecule has 1 amide bonds. The zero-order valence-corrected chi connectivity index (χ0v) is 8.92. The molecule has 2 heteroatoms. The standard InChI is InChI=1S/C11H19NO/c1-6-10(7-2)12-11(13)9(5)8(3)4/h1,8-10H,7H2,2-5H3,(H,12,13). The van der Waals surface area contributed by atoms with Gasteiger partial charge in [-0.3, -0.25) is 4.79 Å². The number of hydrogen-bond donors (Lipinski definition) is 1. The number of amides is 1. The van der Waals surface area contributed by atoms with Crippen LogP contribution in [0.3, 0.4) is 0 Å². The molecule has 2 nitrogen and oxygen atoms in total. The Morgan fingerprint density at radius 2 is 2.00 bits per heavy atom. The molecule has 0 aromatic heterocycles. The van der Waals surface area contributed by atoms with Crippen molar-refractivity contribution >= 4 is 5.91 Å². The first kappa shape index (κ1) is 12.0. The smallest absolute Gasteiger partial charge is 0.224 e. The number of rotatable bonds is 4. The molecule has 0 heterocycles. The maximum atomic E-state index is 11.5. The van der Waals surface area contributed by atoms with Crippen LogP contribution in [0.1, 0.15) is 34.1 Å². The highest BCUT2D eigenvalue weighted by molar-refractivity contribution is 5.79. The maximum absolute atomic E-state index is 11.5. The van der Waals surface area contributed by atoms with E-state index in [4.69, 9.17) is 6.42 Å². The molecule has 0 aromatic carbocycles. The van der Waals surface area contributed by atoms with Crippen LogP contribution in [0.25, 0.3) is 0 Å². The molecule has 0 saturated carbocycles. The predicted octanol–water partition coefficient (Wildman–Crippen LogP) is 1.81. The van der Waals surface area contributed by atoms with Gasteiger partial charge in [-0.2, -0.15) is 0 Å². The summed E-state index contributed by atoms with van der Waals surface area (Å²) in [5.41, 5.74) is 0. The Hall–Kier alpha value is -0.970. The molecule has 2 atom stereocenters. The highest BCUT2D eigenvalue weighted by atomic mass is 16.1. The zero-order valence-electron chi connectivity index (χ0n) is 8.92. The summed E-state index contributed by atoms with van der Waals surface area (Å²) in [4.78, 5) is 11.5. The van der Waals surface area contributed by atoms with E-state index in [0.717, 1.165) is 6.42 Å². The average Bonchev–Trinajstić information content (AvgIpc) is 2.12. The molecule has 0 rings (SSSR count). The third-order valence-corrected chi connectivity index (χ3v) is 2.34. The van der Waals surface area contributed by atoms with Crippen LogP contribution in [-0.2, 0) is 4.79 Å². The number of terminal acetylenes is 1. The normalized spacial score (nSPS) is 14.8. The predicted molar refractivity (Wildman–Crippen MR) is 55.1 cm³/mol. The number of carbonyl (C=O) groups excluding carboxylic acids is 1. The van der Waals surface area contributed by atoms with Gasteiger partial charge in [0, 0.05) is 5.92 Å². The van der Waals surface area contributed by atoms with E-state index in [9.17, 15) is 4.79 Å². The Morgan fingerprint density at radius 3 is 2.31 bits per heavy atom. The van der Waals surface area contributed by atoms with E-state index < -0.39 is 0 Å². The first-order chi connectivity index (χ1) is 6.02. The third kappa shape index (κ3) is 3.98. The van der Waals surface area contributed by atoms with Crippen molar-refractivity contribution in [2.75, 3.05) is 0 Å². The van der Waals surface area contributed by atoms with Gasteiger partial charge in [-0.05, 0) is 12.3 Å². The summed E-state index contributed by atoms with van der Waals surface area (Å²) >= 11 is 0. The first-order valence-corrected chi connectivity index (χ1v) is 4.79. The van der Waals surface area contributed by atoms with Crippen molar-refractivity contribution in [1.82, 2.24) is 5.32 Å². The van der Waals surface area contributed by atoms with Crippen molar-refractivity contribution in [3.63, 3.8) is 0 Å². The van der Waals surface area contributed by atoms with E-state index in [0.29, 0.717) is 5.92 Å². The van der Waals surface area contributed by atoms with Crippen molar-refractivity contribution in [2.24, 2.45) is 11.8 Å². The second kappa shape index (κ2) is 5.64. The summed E-state index contributed by atoms with van der Waals surface area (Å²) in [6.07, 6.45) is 6.03. The quantitative estimate of drug-likeness (QED) is 0.658. The SMILES string of the molecule is C#CC(CC)NC(=O)C(C)C(C)C. The van der Waals surface area contributed by atoms with E-state index in [1.807, 2.05) is 27.7 Å². The topological polar surface area (TPSA) is 29.1 Å². The highest BCUT2D eigenvalue weighted by Crippen LogP contribution is 2.09. The first-order valence-electron chi connectivity index (χ1n) is 4.79. The Kier molecular flexibility index (Phi) is 5.22. The molecule has 74 valence electrons. The lowest BCUT2D eigenvalue weighted by Gasteiger charge is -2.18. The summed E-state index contributed by atoms with van der Waals surface area (Å²) in [6, 6.07) is -0.117. The molecule has 0 aliphatic carbocycles. The van der Waals surface area contributed by atoms with E-state index in [1.54, 1.807) is 0 Å². The fraction of sp³-hybridized carbons (Fsp3) is 0.727. The molecule has 0 aromatic rings. The zero-order chi connectivity index (χ0) is 10.4. The van der Waals surface area contributed by atoms with Crippen LogP contribution < -0.4 is 5.32 Å². The van der Waals surface area contributed by atoms with Crippen LogP contribution in [0.5, 0.6) is 0 Å². The van der Waals surface area contributed by atoms with E-state index in [1.165, 1.54) is 0 Å². The molecule has 0 spiro atoms. The molecule has 1 N–H and O–H groups in total. The molecule has 0 fully saturated rings. The van der Waals surface area contributed by atoms with Crippen molar-refractivity contribution in [3.05, 3.63) is 0 Å². The van der Waals surface area contributed by atoms with Crippen molar-refractivity contribution in [2.45, 2.75) is 40.2 Å². The fourth-order valence-electron chi connectivity index (χ4n) is 0.867. The lowest BCUT2D eigenvalue weighted by Crippen LogP contribution is -2.38. The number of carbonyl (C=O) groups is 1. The largest absolute Gasteiger partial charge is 0.342 e. The third-order valence-electron chi connectivity index (χ3n) is 2.34. The summed E-state index contributed by atoms with van der Waals surface area (Å²) in [7, 11) is 0. The van der Waals surface area contributed by atoms with Gasteiger partial charge in [0.15, 0.2) is 0 Å². The second-order valence-electron chi connectivity index (χ2n) is 3.67. The minimum absolute atomic E-state index is 0.0300. The van der Waals surface area contributed by atoms with Crippen LogP contribution >= 0.6 is 0 Å². The minimum Gasteiger partial charge on any atom is -0.342 e. The van der Waals surface area contributed by atoms with Gasteiger partial charge >= 0.3 is 0 Å². The lowest BCUT2D eigenvalue weighted by atomic mass is 9.97. The molecular formula is C11H19NO. The minimum atomic E-state index is -0.117. The lowest BCUT2D eigenvalue weighted by molar-refractivity contribution is -0.126. The van der Waals surface area contributed by atoms with Gasteiger partial charge in [0.1, 0.15) is 0 Å². The van der Waals surface area contributed by atoms with Crippen molar-refractivity contribution in [1.29, 1.82) is 0 Å². The average molecular weight is 181 g/mol. The van der Waals surface area contributed by atoms with Crippen LogP contribution in [-0.4, -0.2) is 11.9 Å². The Labute approximate surface area is 81.1 Å². The summed E-state index contributed by atoms with van der Waals surface area (Å²) < 4.78 is 0. The highest BCUT2D eigenvalue weighted by Gasteiger charge is 2.18. The number of hydrogen-bond acceptors (Lipinski definition) is 1. The molecular weight excluding hydrogens is 162 g/mol. The van der Waals surface area contributed by atoms with Gasteiger partial charge in [0.2, 0.25) is 5.91 Å². The molecule has 0 aliphatic heterocycles. The van der Waals surface area contributed by atoms with E-state index in [2.05, 4.69) is 11.2 Å². The van der Waals surface area contributed by atoms with Gasteiger partial charge in [0.05, 0.1) is 6.04 Å². The molecule has 2 unspecified atom stereocenters. The monoisotopic (exact) mass is 181 g/mol. The molecule has 0 saturated heterocycles. The van der Waals surface area contributed by atoms with Gasteiger partial charge in [-0.15, -0.1) is 6.42 Å². The van der Waals surface area contributed by atoms with Crippen LogP contribution in [0, 0.1) is 24.2 Å². The molecule has 0 radical (unpaired) electrons. The summed E-state index contributed by atoms with van der Waals surface area (Å²) in [6.45, 7) is 7.94. The maximum Gasteiger partial charge on any atom is 0.224 e. The second-order valence-corrected chi connectivity index (χ2v) is 3.67. The fourth-order valence-corrected chi connectivity index (χ4v) is 0.867.